The Morgan fingerprint density at radius 2 is 1.93 bits per heavy atom. The summed E-state index contributed by atoms with van der Waals surface area (Å²) >= 11 is 0. The molecule has 4 rings (SSSR count). The molecule has 0 unspecified atom stereocenters. The van der Waals surface area contributed by atoms with E-state index >= 15 is 0 Å². The van der Waals surface area contributed by atoms with Crippen molar-refractivity contribution in [3.63, 3.8) is 0 Å². The van der Waals surface area contributed by atoms with Crippen molar-refractivity contribution in [2.45, 2.75) is 32.7 Å². The van der Waals surface area contributed by atoms with E-state index in [4.69, 9.17) is 0 Å². The SMILES string of the molecule is Cc1nc2c(c(Nc3ccccn3)n1)CN(C(=O)CCc1ccccc1)CC2. The third kappa shape index (κ3) is 4.17. The van der Waals surface area contributed by atoms with E-state index in [1.54, 1.807) is 6.20 Å². The third-order valence-corrected chi connectivity index (χ3v) is 4.91. The van der Waals surface area contributed by atoms with Crippen LogP contribution in [0.4, 0.5) is 11.6 Å². The van der Waals surface area contributed by atoms with Gasteiger partial charge in [0.25, 0.3) is 0 Å². The van der Waals surface area contributed by atoms with E-state index in [0.717, 1.165) is 41.6 Å². The minimum absolute atomic E-state index is 0.166. The number of rotatable bonds is 5. The average Bonchev–Trinajstić information content (AvgIpc) is 2.73. The first-order chi connectivity index (χ1) is 13.7. The second-order valence-electron chi connectivity index (χ2n) is 6.94. The minimum Gasteiger partial charge on any atom is -0.338 e. The van der Waals surface area contributed by atoms with Gasteiger partial charge >= 0.3 is 0 Å². The fourth-order valence-corrected chi connectivity index (χ4v) is 3.47. The Hall–Kier alpha value is -3.28. The predicted octanol–water partition coefficient (Wildman–Crippen LogP) is 3.44. The number of pyridine rings is 1. The second-order valence-corrected chi connectivity index (χ2v) is 6.94. The zero-order valence-corrected chi connectivity index (χ0v) is 15.9. The van der Waals surface area contributed by atoms with Crippen LogP contribution in [0.1, 0.15) is 29.1 Å². The van der Waals surface area contributed by atoms with Crippen LogP contribution in [0.2, 0.25) is 0 Å². The number of hydrogen-bond donors (Lipinski definition) is 1. The minimum atomic E-state index is 0.166. The monoisotopic (exact) mass is 373 g/mol. The fraction of sp³-hybridized carbons (Fsp3) is 0.273. The Morgan fingerprint density at radius 3 is 2.71 bits per heavy atom. The topological polar surface area (TPSA) is 71.0 Å². The molecule has 0 atom stereocenters. The lowest BCUT2D eigenvalue weighted by atomic mass is 10.0. The molecule has 6 heteroatoms. The quantitative estimate of drug-likeness (QED) is 0.742. The number of amides is 1. The van der Waals surface area contributed by atoms with Gasteiger partial charge in [-0.25, -0.2) is 15.0 Å². The van der Waals surface area contributed by atoms with Crippen molar-refractivity contribution >= 4 is 17.5 Å². The van der Waals surface area contributed by atoms with E-state index in [9.17, 15) is 4.79 Å². The number of hydrogen-bond acceptors (Lipinski definition) is 5. The summed E-state index contributed by atoms with van der Waals surface area (Å²) in [6.45, 7) is 3.11. The molecule has 0 saturated carbocycles. The van der Waals surface area contributed by atoms with Crippen molar-refractivity contribution in [2.75, 3.05) is 11.9 Å². The Bertz CT molecular complexity index is 959. The van der Waals surface area contributed by atoms with Crippen LogP contribution < -0.4 is 5.32 Å². The molecule has 28 heavy (non-hydrogen) atoms. The molecule has 0 radical (unpaired) electrons. The molecule has 3 aromatic rings. The summed E-state index contributed by atoms with van der Waals surface area (Å²) in [4.78, 5) is 28.2. The van der Waals surface area contributed by atoms with Crippen LogP contribution in [-0.2, 0) is 24.2 Å². The molecule has 1 aliphatic rings. The first-order valence-electron chi connectivity index (χ1n) is 9.55. The highest BCUT2D eigenvalue weighted by Crippen LogP contribution is 2.26. The first-order valence-corrected chi connectivity index (χ1v) is 9.55. The summed E-state index contributed by atoms with van der Waals surface area (Å²) in [5.41, 5.74) is 3.18. The molecule has 2 aromatic heterocycles. The molecule has 1 aromatic carbocycles. The van der Waals surface area contributed by atoms with Gasteiger partial charge in [0.2, 0.25) is 5.91 Å². The maximum absolute atomic E-state index is 12.8. The van der Waals surface area contributed by atoms with Crippen LogP contribution in [0, 0.1) is 6.92 Å². The standard InChI is InChI=1S/C22H23N5O/c1-16-24-19-12-14-27(21(28)11-10-17-7-3-2-4-8-17)15-18(19)22(25-16)26-20-9-5-6-13-23-20/h2-9,13H,10-12,14-15H2,1H3,(H,23,24,25,26). The molecule has 6 nitrogen and oxygen atoms in total. The highest BCUT2D eigenvalue weighted by molar-refractivity contribution is 5.77. The lowest BCUT2D eigenvalue weighted by Gasteiger charge is -2.29. The molecule has 3 heterocycles. The zero-order valence-electron chi connectivity index (χ0n) is 15.9. The van der Waals surface area contributed by atoms with Crippen molar-refractivity contribution in [3.05, 3.63) is 77.4 Å². The highest BCUT2D eigenvalue weighted by atomic mass is 16.2. The van der Waals surface area contributed by atoms with Gasteiger partial charge in [-0.15, -0.1) is 0 Å². The largest absolute Gasteiger partial charge is 0.338 e. The first kappa shape index (κ1) is 18.1. The molecule has 142 valence electrons. The van der Waals surface area contributed by atoms with Crippen molar-refractivity contribution in [1.82, 2.24) is 19.9 Å². The molecule has 1 amide bonds. The molecule has 0 fully saturated rings. The molecule has 0 bridgehead atoms. The van der Waals surface area contributed by atoms with Gasteiger partial charge in [0.15, 0.2) is 0 Å². The maximum Gasteiger partial charge on any atom is 0.223 e. The van der Waals surface area contributed by atoms with Crippen LogP contribution in [0.25, 0.3) is 0 Å². The molecular formula is C22H23N5O. The summed E-state index contributed by atoms with van der Waals surface area (Å²) < 4.78 is 0. The number of carbonyl (C=O) groups excluding carboxylic acids is 1. The Morgan fingerprint density at radius 1 is 1.11 bits per heavy atom. The highest BCUT2D eigenvalue weighted by Gasteiger charge is 2.25. The number of aryl methyl sites for hydroxylation is 2. The third-order valence-electron chi connectivity index (χ3n) is 4.91. The summed E-state index contributed by atoms with van der Waals surface area (Å²) in [6.07, 6.45) is 3.75. The number of aromatic nitrogens is 3. The average molecular weight is 373 g/mol. The van der Waals surface area contributed by atoms with Crippen molar-refractivity contribution in [2.24, 2.45) is 0 Å². The van der Waals surface area contributed by atoms with E-state index in [1.165, 1.54) is 5.56 Å². The molecule has 0 spiro atoms. The number of anilines is 2. The Kier molecular flexibility index (Phi) is 5.28. The van der Waals surface area contributed by atoms with Gasteiger partial charge in [0.05, 0.1) is 12.2 Å². The zero-order chi connectivity index (χ0) is 19.3. The van der Waals surface area contributed by atoms with Gasteiger partial charge in [-0.05, 0) is 31.0 Å². The summed E-state index contributed by atoms with van der Waals surface area (Å²) in [7, 11) is 0. The van der Waals surface area contributed by atoms with Crippen LogP contribution in [-0.4, -0.2) is 32.3 Å². The predicted molar refractivity (Wildman–Crippen MR) is 108 cm³/mol. The van der Waals surface area contributed by atoms with Gasteiger partial charge < -0.3 is 10.2 Å². The van der Waals surface area contributed by atoms with E-state index < -0.39 is 0 Å². The maximum atomic E-state index is 12.8. The van der Waals surface area contributed by atoms with E-state index in [0.29, 0.717) is 19.5 Å². The molecule has 0 saturated heterocycles. The van der Waals surface area contributed by atoms with Gasteiger partial charge in [0.1, 0.15) is 17.5 Å². The summed E-state index contributed by atoms with van der Waals surface area (Å²) in [5.74, 6) is 2.36. The number of nitrogens with one attached hydrogen (secondary N) is 1. The number of benzene rings is 1. The van der Waals surface area contributed by atoms with Gasteiger partial charge in [-0.2, -0.15) is 0 Å². The van der Waals surface area contributed by atoms with Crippen LogP contribution >= 0.6 is 0 Å². The Balaban J connectivity index is 1.49. The second kappa shape index (κ2) is 8.17. The lowest BCUT2D eigenvalue weighted by molar-refractivity contribution is -0.132. The normalized spacial score (nSPS) is 13.1. The fourth-order valence-electron chi connectivity index (χ4n) is 3.47. The molecule has 1 N–H and O–H groups in total. The number of carbonyl (C=O) groups is 1. The van der Waals surface area contributed by atoms with Crippen LogP contribution in [0.5, 0.6) is 0 Å². The number of fused-ring (bicyclic) bond motifs is 1. The molecular weight excluding hydrogens is 350 g/mol. The smallest absolute Gasteiger partial charge is 0.223 e. The van der Waals surface area contributed by atoms with E-state index in [-0.39, 0.29) is 5.91 Å². The molecule has 0 aliphatic carbocycles. The van der Waals surface area contributed by atoms with Crippen molar-refractivity contribution < 1.29 is 4.79 Å². The summed E-state index contributed by atoms with van der Waals surface area (Å²) in [6, 6.07) is 15.8. The van der Waals surface area contributed by atoms with Crippen LogP contribution in [0.3, 0.4) is 0 Å². The van der Waals surface area contributed by atoms with E-state index in [1.807, 2.05) is 48.2 Å². The molecule has 1 aliphatic heterocycles. The lowest BCUT2D eigenvalue weighted by Crippen LogP contribution is -2.37. The van der Waals surface area contributed by atoms with Gasteiger partial charge in [-0.1, -0.05) is 36.4 Å². The van der Waals surface area contributed by atoms with Crippen LogP contribution in [0.15, 0.2) is 54.7 Å². The van der Waals surface area contributed by atoms with Crippen molar-refractivity contribution in [1.29, 1.82) is 0 Å². The van der Waals surface area contributed by atoms with Gasteiger partial charge in [-0.3, -0.25) is 4.79 Å². The van der Waals surface area contributed by atoms with Crippen molar-refractivity contribution in [3.8, 4) is 0 Å². The summed E-state index contributed by atoms with van der Waals surface area (Å²) in [5, 5.41) is 3.29. The Labute approximate surface area is 164 Å². The van der Waals surface area contributed by atoms with E-state index in [2.05, 4.69) is 32.4 Å². The number of nitrogens with zero attached hydrogens (tertiary/aromatic N) is 4. The van der Waals surface area contributed by atoms with Gasteiger partial charge in [0, 0.05) is 31.1 Å².